The summed E-state index contributed by atoms with van der Waals surface area (Å²) in [5.74, 6) is 0.0380. The SMILES string of the molecule is O=C(N[C@@H]1CCN(c2nccs2)C1)c1cccs1. The summed E-state index contributed by atoms with van der Waals surface area (Å²) >= 11 is 3.12. The van der Waals surface area contributed by atoms with Gasteiger partial charge in [0.05, 0.1) is 4.88 Å². The van der Waals surface area contributed by atoms with Crippen molar-refractivity contribution in [1.29, 1.82) is 0 Å². The molecule has 0 bridgehead atoms. The van der Waals surface area contributed by atoms with Crippen LogP contribution < -0.4 is 10.2 Å². The number of anilines is 1. The standard InChI is InChI=1S/C12H13N3OS2/c16-11(10-2-1-6-17-10)14-9-3-5-15(8-9)12-13-4-7-18-12/h1-2,4,6-7,9H,3,5,8H2,(H,14,16)/t9-/m1/s1. The largest absolute Gasteiger partial charge is 0.347 e. The Morgan fingerprint density at radius 2 is 2.39 bits per heavy atom. The van der Waals surface area contributed by atoms with Gasteiger partial charge in [0.2, 0.25) is 0 Å². The molecule has 2 aromatic heterocycles. The Labute approximate surface area is 113 Å². The molecule has 0 spiro atoms. The predicted octanol–water partition coefficient (Wildman–Crippen LogP) is 2.21. The highest BCUT2D eigenvalue weighted by atomic mass is 32.1. The van der Waals surface area contributed by atoms with Crippen molar-refractivity contribution in [3.8, 4) is 0 Å². The first-order chi connectivity index (χ1) is 8.83. The van der Waals surface area contributed by atoms with Gasteiger partial charge in [0.1, 0.15) is 0 Å². The summed E-state index contributed by atoms with van der Waals surface area (Å²) in [6, 6.07) is 3.98. The van der Waals surface area contributed by atoms with Gasteiger partial charge >= 0.3 is 0 Å². The summed E-state index contributed by atoms with van der Waals surface area (Å²) < 4.78 is 0. The summed E-state index contributed by atoms with van der Waals surface area (Å²) in [5.41, 5.74) is 0. The fourth-order valence-corrected chi connectivity index (χ4v) is 3.40. The molecule has 0 aliphatic carbocycles. The van der Waals surface area contributed by atoms with Gasteiger partial charge in [-0.3, -0.25) is 4.79 Å². The minimum atomic E-state index is 0.0380. The molecule has 3 heterocycles. The fourth-order valence-electron chi connectivity index (χ4n) is 2.09. The summed E-state index contributed by atoms with van der Waals surface area (Å²) in [5, 5.41) is 8.03. The van der Waals surface area contributed by atoms with Crippen LogP contribution in [0.1, 0.15) is 16.1 Å². The third-order valence-corrected chi connectivity index (χ3v) is 4.66. The molecule has 1 aliphatic rings. The summed E-state index contributed by atoms with van der Waals surface area (Å²) in [7, 11) is 0. The van der Waals surface area contributed by atoms with Crippen LogP contribution in [0, 0.1) is 0 Å². The van der Waals surface area contributed by atoms with Crippen LogP contribution in [0.25, 0.3) is 0 Å². The van der Waals surface area contributed by atoms with Crippen LogP contribution in [0.5, 0.6) is 0 Å². The molecule has 1 aliphatic heterocycles. The van der Waals surface area contributed by atoms with Gasteiger partial charge in [0, 0.05) is 30.7 Å². The number of thiazole rings is 1. The van der Waals surface area contributed by atoms with Gasteiger partial charge in [0.15, 0.2) is 5.13 Å². The Hall–Kier alpha value is -1.40. The normalized spacial score (nSPS) is 19.1. The van der Waals surface area contributed by atoms with Crippen LogP contribution in [0.3, 0.4) is 0 Å². The van der Waals surface area contributed by atoms with Crippen LogP contribution in [0.4, 0.5) is 5.13 Å². The van der Waals surface area contributed by atoms with Crippen molar-refractivity contribution in [3.05, 3.63) is 34.0 Å². The van der Waals surface area contributed by atoms with E-state index in [1.807, 2.05) is 29.1 Å². The predicted molar refractivity (Wildman–Crippen MR) is 74.5 cm³/mol. The highest BCUT2D eigenvalue weighted by Gasteiger charge is 2.25. The van der Waals surface area contributed by atoms with Crippen LogP contribution in [0.2, 0.25) is 0 Å². The van der Waals surface area contributed by atoms with E-state index < -0.39 is 0 Å². The maximum Gasteiger partial charge on any atom is 0.261 e. The van der Waals surface area contributed by atoms with Gasteiger partial charge in [0.25, 0.3) is 5.91 Å². The van der Waals surface area contributed by atoms with Crippen molar-refractivity contribution in [1.82, 2.24) is 10.3 Å². The monoisotopic (exact) mass is 279 g/mol. The van der Waals surface area contributed by atoms with Gasteiger partial charge in [-0.15, -0.1) is 22.7 Å². The number of nitrogens with zero attached hydrogens (tertiary/aromatic N) is 2. The lowest BCUT2D eigenvalue weighted by molar-refractivity contribution is 0.0944. The molecule has 94 valence electrons. The van der Waals surface area contributed by atoms with E-state index in [0.717, 1.165) is 29.5 Å². The molecule has 1 atom stereocenters. The highest BCUT2D eigenvalue weighted by Crippen LogP contribution is 2.22. The molecular formula is C12H13N3OS2. The van der Waals surface area contributed by atoms with Gasteiger partial charge in [-0.25, -0.2) is 4.98 Å². The number of hydrogen-bond donors (Lipinski definition) is 1. The molecule has 1 fully saturated rings. The van der Waals surface area contributed by atoms with Gasteiger partial charge in [-0.2, -0.15) is 0 Å². The second-order valence-corrected chi connectivity index (χ2v) is 6.02. The molecule has 1 amide bonds. The number of rotatable bonds is 3. The lowest BCUT2D eigenvalue weighted by atomic mass is 10.2. The molecule has 1 N–H and O–H groups in total. The second kappa shape index (κ2) is 5.07. The first kappa shape index (κ1) is 11.7. The number of thiophene rings is 1. The zero-order chi connectivity index (χ0) is 12.4. The minimum Gasteiger partial charge on any atom is -0.347 e. The van der Waals surface area contributed by atoms with E-state index in [1.54, 1.807) is 11.3 Å². The van der Waals surface area contributed by atoms with Gasteiger partial charge in [-0.1, -0.05) is 6.07 Å². The summed E-state index contributed by atoms with van der Waals surface area (Å²) in [4.78, 5) is 19.2. The number of aromatic nitrogens is 1. The molecule has 1 saturated heterocycles. The number of carbonyl (C=O) groups is 1. The molecule has 18 heavy (non-hydrogen) atoms. The average Bonchev–Trinajstić information content (AvgIpc) is 3.12. The molecule has 4 nitrogen and oxygen atoms in total. The zero-order valence-electron chi connectivity index (χ0n) is 9.70. The smallest absolute Gasteiger partial charge is 0.261 e. The van der Waals surface area contributed by atoms with E-state index in [1.165, 1.54) is 11.3 Å². The first-order valence-corrected chi connectivity index (χ1v) is 7.57. The maximum atomic E-state index is 11.9. The molecule has 0 aromatic carbocycles. The summed E-state index contributed by atoms with van der Waals surface area (Å²) in [6.45, 7) is 1.81. The van der Waals surface area contributed by atoms with Crippen molar-refractivity contribution in [2.75, 3.05) is 18.0 Å². The Morgan fingerprint density at radius 3 is 3.11 bits per heavy atom. The van der Waals surface area contributed by atoms with Crippen molar-refractivity contribution >= 4 is 33.7 Å². The first-order valence-electron chi connectivity index (χ1n) is 5.82. The molecule has 3 rings (SSSR count). The fraction of sp³-hybridized carbons (Fsp3) is 0.333. The highest BCUT2D eigenvalue weighted by molar-refractivity contribution is 7.13. The third kappa shape index (κ3) is 2.39. The zero-order valence-corrected chi connectivity index (χ0v) is 11.3. The molecule has 2 aromatic rings. The maximum absolute atomic E-state index is 11.9. The van der Waals surface area contributed by atoms with E-state index in [2.05, 4.69) is 15.2 Å². The molecule has 0 radical (unpaired) electrons. The number of nitrogens with one attached hydrogen (secondary N) is 1. The van der Waals surface area contributed by atoms with Crippen molar-refractivity contribution in [2.24, 2.45) is 0 Å². The van der Waals surface area contributed by atoms with Crippen LogP contribution in [-0.2, 0) is 0 Å². The average molecular weight is 279 g/mol. The Bertz CT molecular complexity index is 509. The Balaban J connectivity index is 1.58. The number of carbonyl (C=O) groups excluding carboxylic acids is 1. The molecule has 0 saturated carbocycles. The van der Waals surface area contributed by atoms with E-state index in [9.17, 15) is 4.79 Å². The Morgan fingerprint density at radius 1 is 1.44 bits per heavy atom. The molecular weight excluding hydrogens is 266 g/mol. The summed E-state index contributed by atoms with van der Waals surface area (Å²) in [6.07, 6.45) is 2.80. The van der Waals surface area contributed by atoms with Crippen LogP contribution in [-0.4, -0.2) is 30.0 Å². The van der Waals surface area contributed by atoms with E-state index >= 15 is 0 Å². The lowest BCUT2D eigenvalue weighted by Gasteiger charge is -2.15. The second-order valence-electron chi connectivity index (χ2n) is 4.20. The van der Waals surface area contributed by atoms with Crippen molar-refractivity contribution < 1.29 is 4.79 Å². The lowest BCUT2D eigenvalue weighted by Crippen LogP contribution is -2.36. The number of hydrogen-bond acceptors (Lipinski definition) is 5. The van der Waals surface area contributed by atoms with Crippen LogP contribution in [0.15, 0.2) is 29.1 Å². The molecule has 6 heteroatoms. The van der Waals surface area contributed by atoms with Gasteiger partial charge in [-0.05, 0) is 17.9 Å². The minimum absolute atomic E-state index is 0.0380. The van der Waals surface area contributed by atoms with Crippen molar-refractivity contribution in [2.45, 2.75) is 12.5 Å². The van der Waals surface area contributed by atoms with Crippen LogP contribution >= 0.6 is 22.7 Å². The topological polar surface area (TPSA) is 45.2 Å². The number of amides is 1. The van der Waals surface area contributed by atoms with E-state index in [0.29, 0.717) is 0 Å². The van der Waals surface area contributed by atoms with E-state index in [4.69, 9.17) is 0 Å². The quantitative estimate of drug-likeness (QED) is 0.937. The van der Waals surface area contributed by atoms with Crippen molar-refractivity contribution in [3.63, 3.8) is 0 Å². The third-order valence-electron chi connectivity index (χ3n) is 2.96. The Kier molecular flexibility index (Phi) is 3.29. The van der Waals surface area contributed by atoms with Gasteiger partial charge < -0.3 is 10.2 Å². The van der Waals surface area contributed by atoms with E-state index in [-0.39, 0.29) is 11.9 Å². The molecule has 0 unspecified atom stereocenters.